The van der Waals surface area contributed by atoms with Gasteiger partial charge in [-0.2, -0.15) is 5.26 Å². The number of alkyl halides is 2. The minimum atomic E-state index is -2.64. The Labute approximate surface area is 229 Å². The molecule has 3 heterocycles. The Kier molecular flexibility index (Phi) is 8.60. The van der Waals surface area contributed by atoms with Gasteiger partial charge in [-0.1, -0.05) is 24.8 Å². The van der Waals surface area contributed by atoms with Crippen molar-refractivity contribution < 1.29 is 18.4 Å². The number of thiophene rings is 1. The number of anilines is 1. The second kappa shape index (κ2) is 11.9. The van der Waals surface area contributed by atoms with Gasteiger partial charge in [0.15, 0.2) is 5.57 Å². The number of carbonyl (C=O) groups is 2. The Bertz CT molecular complexity index is 1470. The maximum Gasteiger partial charge on any atom is 0.272 e. The molecule has 1 N–H and O–H groups in total. The molecule has 0 saturated carbocycles. The van der Waals surface area contributed by atoms with Crippen LogP contribution in [0.5, 0.6) is 0 Å². The maximum atomic E-state index is 13.0. The molecule has 1 aromatic carbocycles. The average Bonchev–Trinajstić information content (AvgIpc) is 3.51. The van der Waals surface area contributed by atoms with Crippen LogP contribution < -0.4 is 5.32 Å². The van der Waals surface area contributed by atoms with Gasteiger partial charge in [0.05, 0.1) is 20.8 Å². The summed E-state index contributed by atoms with van der Waals surface area (Å²) in [6.07, 6.45) is -0.870. The number of nitrogens with one attached hydrogen (secondary N) is 1. The zero-order valence-electron chi connectivity index (χ0n) is 22.2. The second-order valence-corrected chi connectivity index (χ2v) is 11.0. The minimum absolute atomic E-state index is 0.0218. The van der Waals surface area contributed by atoms with Crippen molar-refractivity contribution in [2.75, 3.05) is 32.5 Å². The highest BCUT2D eigenvalue weighted by Crippen LogP contribution is 2.29. The van der Waals surface area contributed by atoms with Crippen LogP contribution in [-0.2, 0) is 11.3 Å². The van der Waals surface area contributed by atoms with Gasteiger partial charge in [0, 0.05) is 31.6 Å². The summed E-state index contributed by atoms with van der Waals surface area (Å²) in [6.45, 7) is 5.44. The number of likely N-dealkylation sites (tertiary alicyclic amines) is 1. The number of hydrogen-bond acceptors (Lipinski definition) is 6. The molecule has 3 aromatic rings. The van der Waals surface area contributed by atoms with E-state index in [0.29, 0.717) is 31.1 Å². The number of imidazole rings is 1. The first-order chi connectivity index (χ1) is 18.6. The van der Waals surface area contributed by atoms with Gasteiger partial charge < -0.3 is 14.4 Å². The van der Waals surface area contributed by atoms with E-state index in [-0.39, 0.29) is 39.1 Å². The number of carbonyl (C=O) groups excluding carboxylic acids is 2. The molecule has 0 aliphatic carbocycles. The molecule has 1 saturated heterocycles. The van der Waals surface area contributed by atoms with E-state index in [2.05, 4.69) is 27.9 Å². The van der Waals surface area contributed by atoms with Crippen molar-refractivity contribution in [3.63, 3.8) is 0 Å². The zero-order valence-corrected chi connectivity index (χ0v) is 23.0. The Morgan fingerprint density at radius 3 is 2.59 bits per heavy atom. The van der Waals surface area contributed by atoms with Gasteiger partial charge in [0.25, 0.3) is 18.2 Å². The number of fused-ring (bicyclic) bond motifs is 1. The van der Waals surface area contributed by atoms with Gasteiger partial charge in [0.1, 0.15) is 6.07 Å². The monoisotopic (exact) mass is 552 g/mol. The van der Waals surface area contributed by atoms with Crippen molar-refractivity contribution in [3.05, 3.63) is 63.5 Å². The van der Waals surface area contributed by atoms with E-state index >= 15 is 0 Å². The SMILES string of the molecule is CC(C=C=C(C#N)C(=O)N1CC(Cn2c(NC(=O)c3ccc(C(F)F)s3)nc3ccccc32)C1)C(C)N(C)C. The van der Waals surface area contributed by atoms with E-state index in [1.54, 1.807) is 11.0 Å². The Hall–Kier alpha value is -3.84. The molecule has 39 heavy (non-hydrogen) atoms. The highest BCUT2D eigenvalue weighted by molar-refractivity contribution is 7.14. The number of rotatable bonds is 9. The number of amides is 2. The Balaban J connectivity index is 1.46. The summed E-state index contributed by atoms with van der Waals surface area (Å²) in [7, 11) is 3.95. The van der Waals surface area contributed by atoms with E-state index in [1.807, 2.05) is 55.9 Å². The minimum Gasteiger partial charge on any atom is -0.337 e. The summed E-state index contributed by atoms with van der Waals surface area (Å²) >= 11 is 0.745. The number of nitriles is 1. The van der Waals surface area contributed by atoms with Gasteiger partial charge in [-0.3, -0.25) is 14.9 Å². The third-order valence-electron chi connectivity index (χ3n) is 7.02. The number of aromatic nitrogens is 2. The number of hydrogen-bond donors (Lipinski definition) is 1. The molecule has 11 heteroatoms. The molecule has 2 aromatic heterocycles. The molecule has 0 radical (unpaired) electrons. The van der Waals surface area contributed by atoms with Gasteiger partial charge in [-0.05, 0) is 57.3 Å². The van der Waals surface area contributed by atoms with E-state index in [1.165, 1.54) is 12.1 Å². The van der Waals surface area contributed by atoms with Crippen molar-refractivity contribution in [2.45, 2.75) is 32.9 Å². The average molecular weight is 553 g/mol. The number of nitrogens with zero attached hydrogens (tertiary/aromatic N) is 5. The fourth-order valence-electron chi connectivity index (χ4n) is 4.34. The van der Waals surface area contributed by atoms with Gasteiger partial charge in [-0.15, -0.1) is 11.3 Å². The fourth-order valence-corrected chi connectivity index (χ4v) is 5.10. The summed E-state index contributed by atoms with van der Waals surface area (Å²) in [5.74, 6) is -0.374. The standard InChI is InChI=1S/C28H30F2N6O2S/c1-17(18(2)34(3)4)9-10-20(13-31)27(38)35-14-19(15-35)16-36-22-8-6-5-7-21(22)32-28(36)33-26(37)24-12-11-23(39-24)25(29)30/h5-9,11-12,17-19,25H,14-16H2,1-4H3,(H,32,33,37). The lowest BCUT2D eigenvalue weighted by Gasteiger charge is -2.39. The lowest BCUT2D eigenvalue weighted by atomic mass is 9.98. The van der Waals surface area contributed by atoms with Gasteiger partial charge >= 0.3 is 0 Å². The van der Waals surface area contributed by atoms with E-state index in [0.717, 1.165) is 16.9 Å². The number of halogens is 2. The van der Waals surface area contributed by atoms with Gasteiger partial charge in [-0.25, -0.2) is 13.8 Å². The molecule has 4 rings (SSSR count). The van der Waals surface area contributed by atoms with E-state index in [9.17, 15) is 23.6 Å². The predicted octanol–water partition coefficient (Wildman–Crippen LogP) is 4.94. The molecule has 2 atom stereocenters. The van der Waals surface area contributed by atoms with E-state index in [4.69, 9.17) is 0 Å². The molecule has 2 unspecified atom stereocenters. The summed E-state index contributed by atoms with van der Waals surface area (Å²) in [5.41, 5.74) is 4.36. The molecule has 1 aliphatic rings. The molecule has 0 bridgehead atoms. The van der Waals surface area contributed by atoms with Crippen molar-refractivity contribution >= 4 is 40.1 Å². The second-order valence-electron chi connectivity index (χ2n) is 9.93. The van der Waals surface area contributed by atoms with Crippen molar-refractivity contribution in [1.29, 1.82) is 5.26 Å². The molecule has 1 fully saturated rings. The lowest BCUT2D eigenvalue weighted by Crippen LogP contribution is -2.51. The third-order valence-corrected chi connectivity index (χ3v) is 8.11. The molecular formula is C28H30F2N6O2S. The molecule has 1 aliphatic heterocycles. The smallest absolute Gasteiger partial charge is 0.272 e. The first-order valence-corrected chi connectivity index (χ1v) is 13.4. The number of benzene rings is 1. The lowest BCUT2D eigenvalue weighted by molar-refractivity contribution is -0.133. The highest BCUT2D eigenvalue weighted by atomic mass is 32.1. The Morgan fingerprint density at radius 2 is 1.95 bits per heavy atom. The zero-order chi connectivity index (χ0) is 28.3. The van der Waals surface area contributed by atoms with Crippen LogP contribution in [0.2, 0.25) is 0 Å². The summed E-state index contributed by atoms with van der Waals surface area (Å²) in [6, 6.07) is 12.2. The normalized spacial score (nSPS) is 15.0. The van der Waals surface area contributed by atoms with Crippen molar-refractivity contribution in [3.8, 4) is 6.07 Å². The predicted molar refractivity (Wildman–Crippen MR) is 147 cm³/mol. The van der Waals surface area contributed by atoms with Crippen LogP contribution in [-0.4, -0.2) is 64.4 Å². The summed E-state index contributed by atoms with van der Waals surface area (Å²) in [4.78, 5) is 33.9. The molecule has 204 valence electrons. The highest BCUT2D eigenvalue weighted by Gasteiger charge is 2.33. The van der Waals surface area contributed by atoms with Crippen LogP contribution in [0.25, 0.3) is 11.0 Å². The first-order valence-electron chi connectivity index (χ1n) is 12.6. The molecular weight excluding hydrogens is 522 g/mol. The van der Waals surface area contributed by atoms with Gasteiger partial charge in [0.2, 0.25) is 5.95 Å². The number of para-hydroxylation sites is 2. The van der Waals surface area contributed by atoms with E-state index < -0.39 is 12.3 Å². The van der Waals surface area contributed by atoms with Crippen LogP contribution in [0.15, 0.2) is 53.8 Å². The Morgan fingerprint density at radius 1 is 1.23 bits per heavy atom. The third kappa shape index (κ3) is 6.25. The van der Waals surface area contributed by atoms with Crippen LogP contribution >= 0.6 is 11.3 Å². The first kappa shape index (κ1) is 28.2. The summed E-state index contributed by atoms with van der Waals surface area (Å²) in [5, 5.41) is 12.3. The fraction of sp³-hybridized carbons (Fsp3) is 0.393. The van der Waals surface area contributed by atoms with Crippen LogP contribution in [0, 0.1) is 23.2 Å². The maximum absolute atomic E-state index is 13.0. The van der Waals surface area contributed by atoms with Crippen molar-refractivity contribution in [2.24, 2.45) is 11.8 Å². The topological polar surface area (TPSA) is 94.3 Å². The summed E-state index contributed by atoms with van der Waals surface area (Å²) < 4.78 is 27.8. The largest absolute Gasteiger partial charge is 0.337 e. The molecule has 2 amide bonds. The molecule has 8 nitrogen and oxygen atoms in total. The quantitative estimate of drug-likeness (QED) is 0.231. The van der Waals surface area contributed by atoms with Crippen LogP contribution in [0.3, 0.4) is 0 Å². The van der Waals surface area contributed by atoms with Crippen molar-refractivity contribution in [1.82, 2.24) is 19.4 Å². The molecule has 0 spiro atoms. The van der Waals surface area contributed by atoms with Crippen LogP contribution in [0.4, 0.5) is 14.7 Å². The van der Waals surface area contributed by atoms with Crippen LogP contribution in [0.1, 0.15) is 34.8 Å².